The molecule has 12 heteroatoms. The van der Waals surface area contributed by atoms with E-state index in [1.165, 1.54) is 24.5 Å². The molecule has 3 aromatic rings. The van der Waals surface area contributed by atoms with E-state index in [1.807, 2.05) is 37.3 Å². The van der Waals surface area contributed by atoms with Crippen molar-refractivity contribution in [1.29, 1.82) is 0 Å². The Hall–Kier alpha value is -4.13. The maximum absolute atomic E-state index is 13.6. The molecule has 236 valence electrons. The third-order valence-electron chi connectivity index (χ3n) is 6.93. The maximum atomic E-state index is 13.6. The Kier molecular flexibility index (Phi) is 13.5. The Morgan fingerprint density at radius 2 is 1.55 bits per heavy atom. The number of unbranched alkanes of at least 4 members (excludes halogenated alkanes) is 1. The molecule has 0 bridgehead atoms. The van der Waals surface area contributed by atoms with Gasteiger partial charge in [0, 0.05) is 18.9 Å². The van der Waals surface area contributed by atoms with E-state index in [0.29, 0.717) is 18.4 Å². The lowest BCUT2D eigenvalue weighted by Crippen LogP contribution is -2.57. The first kappa shape index (κ1) is 34.4. The fourth-order valence-electron chi connectivity index (χ4n) is 4.48. The molecule has 0 spiro atoms. The Labute approximate surface area is 258 Å². The molecule has 4 unspecified atom stereocenters. The van der Waals surface area contributed by atoms with Crippen LogP contribution < -0.4 is 16.0 Å². The molecule has 0 saturated heterocycles. The van der Waals surface area contributed by atoms with Crippen molar-refractivity contribution in [2.24, 2.45) is 0 Å². The van der Waals surface area contributed by atoms with Gasteiger partial charge in [-0.2, -0.15) is 0 Å². The largest absolute Gasteiger partial charge is 0.390 e. The number of rotatable bonds is 17. The third kappa shape index (κ3) is 11.5. The molecule has 0 aliphatic carbocycles. The number of benzene rings is 2. The number of hydrogen-bond donors (Lipinski definition) is 5. The van der Waals surface area contributed by atoms with Crippen LogP contribution in [0.4, 0.5) is 0 Å². The van der Waals surface area contributed by atoms with E-state index in [9.17, 15) is 33.0 Å². The summed E-state index contributed by atoms with van der Waals surface area (Å²) in [7, 11) is -3.75. The number of hydrogen-bond acceptors (Lipinski definition) is 8. The minimum absolute atomic E-state index is 0.0578. The van der Waals surface area contributed by atoms with Gasteiger partial charge in [-0.25, -0.2) is 8.42 Å². The highest BCUT2D eigenvalue weighted by Gasteiger charge is 2.34. The highest BCUT2D eigenvalue weighted by molar-refractivity contribution is 7.91. The topological polar surface area (TPSA) is 175 Å². The van der Waals surface area contributed by atoms with Gasteiger partial charge in [-0.3, -0.25) is 19.4 Å². The van der Waals surface area contributed by atoms with Crippen LogP contribution in [0.2, 0.25) is 0 Å². The average molecular weight is 625 g/mol. The molecule has 2 aromatic carbocycles. The van der Waals surface area contributed by atoms with Gasteiger partial charge in [0.25, 0.3) is 5.91 Å². The molecular formula is C32H40N4O7S. The number of aliphatic hydroxyl groups excluding tert-OH is 2. The minimum atomic E-state index is -3.75. The fourth-order valence-corrected chi connectivity index (χ4v) is 6.12. The fraction of sp³-hybridized carbons (Fsp3) is 0.375. The van der Waals surface area contributed by atoms with Gasteiger partial charge >= 0.3 is 0 Å². The van der Waals surface area contributed by atoms with Crippen molar-refractivity contribution in [2.75, 3.05) is 11.5 Å². The van der Waals surface area contributed by atoms with Crippen LogP contribution in [-0.2, 0) is 32.4 Å². The molecule has 1 aromatic heterocycles. The molecule has 44 heavy (non-hydrogen) atoms. The van der Waals surface area contributed by atoms with Crippen molar-refractivity contribution in [1.82, 2.24) is 20.9 Å². The van der Waals surface area contributed by atoms with Crippen LogP contribution in [-0.4, -0.2) is 77.1 Å². The van der Waals surface area contributed by atoms with Crippen molar-refractivity contribution >= 4 is 27.6 Å². The lowest BCUT2D eigenvalue weighted by Gasteiger charge is -2.29. The molecule has 11 nitrogen and oxygen atoms in total. The van der Waals surface area contributed by atoms with Crippen LogP contribution in [0.3, 0.4) is 0 Å². The summed E-state index contributed by atoms with van der Waals surface area (Å²) >= 11 is 0. The summed E-state index contributed by atoms with van der Waals surface area (Å²) in [5, 5.41) is 29.8. The zero-order valence-electron chi connectivity index (χ0n) is 24.6. The van der Waals surface area contributed by atoms with Crippen LogP contribution in [0.1, 0.15) is 47.7 Å². The summed E-state index contributed by atoms with van der Waals surface area (Å²) in [5.41, 5.74) is 1.71. The number of nitrogens with zero attached hydrogens (tertiary/aromatic N) is 1. The van der Waals surface area contributed by atoms with Crippen LogP contribution in [0.5, 0.6) is 0 Å². The number of carbonyl (C=O) groups is 3. The molecular weight excluding hydrogens is 584 g/mol. The van der Waals surface area contributed by atoms with Crippen molar-refractivity contribution in [3.05, 3.63) is 102 Å². The second kappa shape index (κ2) is 17.2. The van der Waals surface area contributed by atoms with Gasteiger partial charge in [0.2, 0.25) is 11.8 Å². The number of amides is 3. The smallest absolute Gasteiger partial charge is 0.253 e. The first-order valence-corrected chi connectivity index (χ1v) is 16.3. The summed E-state index contributed by atoms with van der Waals surface area (Å²) in [6.45, 7) is 2.07. The second-order valence-corrected chi connectivity index (χ2v) is 12.8. The SMILES string of the molecule is CCCCS(=O)(=O)CC(NC(=O)c1cccnc1)C(=O)NC(Cc1ccccc1)C(O)C(O)CC(=O)NCc1ccccc1. The molecule has 1 heterocycles. The van der Waals surface area contributed by atoms with Crippen molar-refractivity contribution in [3.63, 3.8) is 0 Å². The van der Waals surface area contributed by atoms with Crippen molar-refractivity contribution < 1.29 is 33.0 Å². The summed E-state index contributed by atoms with van der Waals surface area (Å²) < 4.78 is 25.7. The van der Waals surface area contributed by atoms with Gasteiger partial charge < -0.3 is 26.2 Å². The monoisotopic (exact) mass is 624 g/mol. The van der Waals surface area contributed by atoms with Gasteiger partial charge in [-0.1, -0.05) is 74.0 Å². The summed E-state index contributed by atoms with van der Waals surface area (Å²) in [5.74, 6) is -2.89. The first-order chi connectivity index (χ1) is 21.1. The number of aliphatic hydroxyl groups is 2. The second-order valence-electron chi connectivity index (χ2n) is 10.6. The predicted molar refractivity (Wildman–Crippen MR) is 166 cm³/mol. The van der Waals surface area contributed by atoms with Gasteiger partial charge in [-0.05, 0) is 36.1 Å². The molecule has 4 atom stereocenters. The number of carbonyl (C=O) groups excluding carboxylic acids is 3. The Balaban J connectivity index is 1.78. The summed E-state index contributed by atoms with van der Waals surface area (Å²) in [4.78, 5) is 42.9. The molecule has 0 saturated carbocycles. The van der Waals surface area contributed by atoms with Gasteiger partial charge in [0.1, 0.15) is 12.1 Å². The number of sulfone groups is 1. The van der Waals surface area contributed by atoms with E-state index in [4.69, 9.17) is 0 Å². The van der Waals surface area contributed by atoms with Gasteiger partial charge in [0.15, 0.2) is 9.84 Å². The van der Waals surface area contributed by atoms with E-state index >= 15 is 0 Å². The van der Waals surface area contributed by atoms with Crippen molar-refractivity contribution in [2.45, 2.75) is 63.4 Å². The van der Waals surface area contributed by atoms with E-state index < -0.39 is 64.0 Å². The Bertz CT molecular complexity index is 1440. The summed E-state index contributed by atoms with van der Waals surface area (Å²) in [6.07, 6.45) is 0.228. The standard InChI is InChI=1S/C32H40N4O7S/c1-2-3-17-44(42,43)22-27(36-31(40)25-15-10-16-33-21-25)32(41)35-26(18-23-11-6-4-7-12-23)30(39)28(37)19-29(38)34-20-24-13-8-5-9-14-24/h4-16,21,26-28,30,37,39H,2-3,17-20,22H2,1H3,(H,34,38)(H,35,41)(H,36,40). The van der Waals surface area contributed by atoms with Crippen LogP contribution in [0, 0.1) is 0 Å². The zero-order chi connectivity index (χ0) is 32.0. The van der Waals surface area contributed by atoms with Crippen LogP contribution >= 0.6 is 0 Å². The van der Waals surface area contributed by atoms with E-state index in [1.54, 1.807) is 30.3 Å². The van der Waals surface area contributed by atoms with Gasteiger partial charge in [0.05, 0.1) is 35.6 Å². The predicted octanol–water partition coefficient (Wildman–Crippen LogP) is 1.55. The number of nitrogens with one attached hydrogen (secondary N) is 3. The highest BCUT2D eigenvalue weighted by Crippen LogP contribution is 2.13. The highest BCUT2D eigenvalue weighted by atomic mass is 32.2. The molecule has 0 aliphatic rings. The van der Waals surface area contributed by atoms with E-state index in [-0.39, 0.29) is 24.3 Å². The van der Waals surface area contributed by atoms with E-state index in [0.717, 1.165) is 5.56 Å². The molecule has 0 aliphatic heterocycles. The zero-order valence-corrected chi connectivity index (χ0v) is 25.4. The van der Waals surface area contributed by atoms with Crippen molar-refractivity contribution in [3.8, 4) is 0 Å². The molecule has 0 radical (unpaired) electrons. The molecule has 3 rings (SSSR count). The van der Waals surface area contributed by atoms with Gasteiger partial charge in [-0.15, -0.1) is 0 Å². The Morgan fingerprint density at radius 1 is 0.886 bits per heavy atom. The van der Waals surface area contributed by atoms with Crippen LogP contribution in [0.25, 0.3) is 0 Å². The summed E-state index contributed by atoms with van der Waals surface area (Å²) in [6, 6.07) is 18.4. The number of pyridine rings is 1. The van der Waals surface area contributed by atoms with E-state index in [2.05, 4.69) is 20.9 Å². The minimum Gasteiger partial charge on any atom is -0.390 e. The number of aromatic nitrogens is 1. The third-order valence-corrected chi connectivity index (χ3v) is 8.69. The van der Waals surface area contributed by atoms with Crippen LogP contribution in [0.15, 0.2) is 85.2 Å². The maximum Gasteiger partial charge on any atom is 0.253 e. The Morgan fingerprint density at radius 3 is 2.16 bits per heavy atom. The lowest BCUT2D eigenvalue weighted by molar-refractivity contribution is -0.127. The molecule has 5 N–H and O–H groups in total. The normalized spacial score (nSPS) is 14.1. The lowest BCUT2D eigenvalue weighted by atomic mass is 9.95. The average Bonchev–Trinajstić information content (AvgIpc) is 3.03. The molecule has 3 amide bonds. The molecule has 0 fully saturated rings. The first-order valence-electron chi connectivity index (χ1n) is 14.5. The quantitative estimate of drug-likeness (QED) is 0.150.